The van der Waals surface area contributed by atoms with Gasteiger partial charge in [0, 0.05) is 30.4 Å². The number of hydrogen-bond donors (Lipinski definition) is 2. The molecule has 3 N–H and O–H groups in total. The second-order valence-electron chi connectivity index (χ2n) is 11.3. The van der Waals surface area contributed by atoms with Gasteiger partial charge in [-0.1, -0.05) is 42.5 Å². The zero-order valence-corrected chi connectivity index (χ0v) is 21.7. The number of nitrogens with two attached hydrogens (primary N) is 1. The molecule has 38 heavy (non-hydrogen) atoms. The highest BCUT2D eigenvalue weighted by Gasteiger charge is 2.36. The summed E-state index contributed by atoms with van der Waals surface area (Å²) in [6, 6.07) is 17.8. The molecule has 7 nitrogen and oxygen atoms in total. The molecule has 0 spiro atoms. The van der Waals surface area contributed by atoms with Crippen LogP contribution in [0.25, 0.3) is 22.2 Å². The Bertz CT molecular complexity index is 1450. The highest BCUT2D eigenvalue weighted by Crippen LogP contribution is 2.45. The lowest BCUT2D eigenvalue weighted by atomic mass is 9.79. The second-order valence-corrected chi connectivity index (χ2v) is 11.3. The maximum absolute atomic E-state index is 9.69. The van der Waals surface area contributed by atoms with E-state index in [4.69, 9.17) is 10.5 Å². The molecule has 7 heteroatoms. The van der Waals surface area contributed by atoms with E-state index >= 15 is 0 Å². The molecule has 4 heterocycles. The van der Waals surface area contributed by atoms with Crippen LogP contribution < -0.4 is 10.5 Å². The number of fused-ring (bicyclic) bond motifs is 2. The SMILES string of the molecule is Nc1ncnc2c1c(-c1ccc3c(c1)O[C@H](c1ccccc1)CC3)cn2[C@H]1C[C@@H](CN2CCC[C@H]2CO)C1. The topological polar surface area (TPSA) is 89.4 Å². The number of aromatic nitrogens is 3. The first kappa shape index (κ1) is 23.7. The van der Waals surface area contributed by atoms with Crippen LogP contribution in [-0.2, 0) is 6.42 Å². The van der Waals surface area contributed by atoms with Crippen molar-refractivity contribution in [3.63, 3.8) is 0 Å². The van der Waals surface area contributed by atoms with Crippen molar-refractivity contribution in [2.75, 3.05) is 25.4 Å². The number of benzene rings is 2. The van der Waals surface area contributed by atoms with Crippen molar-refractivity contribution in [3.05, 3.63) is 72.2 Å². The van der Waals surface area contributed by atoms with Crippen LogP contribution in [0, 0.1) is 5.92 Å². The van der Waals surface area contributed by atoms with Crippen LogP contribution in [0.4, 0.5) is 5.82 Å². The molecule has 2 aromatic heterocycles. The van der Waals surface area contributed by atoms with E-state index in [0.717, 1.165) is 73.1 Å². The summed E-state index contributed by atoms with van der Waals surface area (Å²) in [5, 5.41) is 10.6. The Labute approximate surface area is 223 Å². The lowest BCUT2D eigenvalue weighted by molar-refractivity contribution is 0.0970. The Morgan fingerprint density at radius 1 is 1.05 bits per heavy atom. The van der Waals surface area contributed by atoms with E-state index in [1.807, 2.05) is 6.07 Å². The largest absolute Gasteiger partial charge is 0.485 e. The molecule has 2 aromatic carbocycles. The van der Waals surface area contributed by atoms with Crippen LogP contribution in [0.3, 0.4) is 0 Å². The summed E-state index contributed by atoms with van der Waals surface area (Å²) in [5.74, 6) is 2.12. The lowest BCUT2D eigenvalue weighted by Crippen LogP contribution is -2.40. The molecule has 196 valence electrons. The Hall–Kier alpha value is -3.42. The molecule has 2 atom stereocenters. The zero-order valence-electron chi connectivity index (χ0n) is 21.7. The van der Waals surface area contributed by atoms with Gasteiger partial charge in [0.25, 0.3) is 0 Å². The first-order valence-corrected chi connectivity index (χ1v) is 14.0. The van der Waals surface area contributed by atoms with E-state index in [2.05, 4.69) is 68.1 Å². The second kappa shape index (κ2) is 9.71. The predicted octanol–water partition coefficient (Wildman–Crippen LogP) is 5.15. The molecule has 1 saturated heterocycles. The van der Waals surface area contributed by atoms with Gasteiger partial charge in [0.2, 0.25) is 0 Å². The number of ether oxygens (including phenoxy) is 1. The fourth-order valence-electron chi connectivity index (χ4n) is 6.80. The van der Waals surface area contributed by atoms with Gasteiger partial charge in [0.1, 0.15) is 29.6 Å². The van der Waals surface area contributed by atoms with E-state index in [0.29, 0.717) is 23.8 Å². The minimum Gasteiger partial charge on any atom is -0.485 e. The molecule has 0 unspecified atom stereocenters. The highest BCUT2D eigenvalue weighted by atomic mass is 16.5. The lowest BCUT2D eigenvalue weighted by Gasteiger charge is -2.39. The van der Waals surface area contributed by atoms with Gasteiger partial charge >= 0.3 is 0 Å². The van der Waals surface area contributed by atoms with Gasteiger partial charge in [-0.2, -0.15) is 0 Å². The molecule has 4 aromatic rings. The number of likely N-dealkylation sites (tertiary alicyclic amines) is 1. The third-order valence-corrected chi connectivity index (χ3v) is 8.94. The van der Waals surface area contributed by atoms with E-state index in [1.54, 1.807) is 6.33 Å². The molecule has 2 aliphatic heterocycles. The molecule has 0 bridgehead atoms. The van der Waals surface area contributed by atoms with E-state index in [1.165, 1.54) is 17.5 Å². The maximum atomic E-state index is 9.69. The van der Waals surface area contributed by atoms with E-state index in [-0.39, 0.29) is 12.7 Å². The van der Waals surface area contributed by atoms with Gasteiger partial charge in [-0.3, -0.25) is 4.90 Å². The fourth-order valence-corrected chi connectivity index (χ4v) is 6.80. The van der Waals surface area contributed by atoms with Gasteiger partial charge < -0.3 is 20.1 Å². The van der Waals surface area contributed by atoms with Gasteiger partial charge in [0.05, 0.1) is 12.0 Å². The third kappa shape index (κ3) is 4.14. The van der Waals surface area contributed by atoms with Gasteiger partial charge in [-0.05, 0) is 73.7 Å². The summed E-state index contributed by atoms with van der Waals surface area (Å²) < 4.78 is 8.83. The summed E-state index contributed by atoms with van der Waals surface area (Å²) in [6.07, 6.45) is 10.4. The summed E-state index contributed by atoms with van der Waals surface area (Å²) in [7, 11) is 0. The van der Waals surface area contributed by atoms with Crippen LogP contribution in [-0.4, -0.2) is 50.3 Å². The van der Waals surface area contributed by atoms with E-state index < -0.39 is 0 Å². The van der Waals surface area contributed by atoms with Crippen LogP contribution in [0.2, 0.25) is 0 Å². The number of anilines is 1. The number of aryl methyl sites for hydroxylation is 1. The zero-order chi connectivity index (χ0) is 25.6. The van der Waals surface area contributed by atoms with Crippen molar-refractivity contribution in [2.45, 2.75) is 56.7 Å². The number of nitrogen functional groups attached to an aromatic ring is 1. The van der Waals surface area contributed by atoms with Crippen LogP contribution >= 0.6 is 0 Å². The maximum Gasteiger partial charge on any atom is 0.146 e. The molecular weight excluding hydrogens is 474 g/mol. The Balaban J connectivity index is 1.16. The minimum absolute atomic E-state index is 0.0710. The van der Waals surface area contributed by atoms with Crippen LogP contribution in [0.5, 0.6) is 5.75 Å². The molecule has 1 saturated carbocycles. The first-order valence-electron chi connectivity index (χ1n) is 14.0. The smallest absolute Gasteiger partial charge is 0.146 e. The Morgan fingerprint density at radius 3 is 2.76 bits per heavy atom. The summed E-state index contributed by atoms with van der Waals surface area (Å²) in [6.45, 7) is 2.46. The monoisotopic (exact) mass is 509 g/mol. The highest BCUT2D eigenvalue weighted by molar-refractivity contribution is 6.00. The fraction of sp³-hybridized carbons (Fsp3) is 0.419. The molecule has 1 aliphatic carbocycles. The van der Waals surface area contributed by atoms with Gasteiger partial charge in [-0.25, -0.2) is 9.97 Å². The van der Waals surface area contributed by atoms with Crippen molar-refractivity contribution in [1.29, 1.82) is 0 Å². The van der Waals surface area contributed by atoms with E-state index in [9.17, 15) is 5.11 Å². The minimum atomic E-state index is 0.0710. The normalized spacial score (nSPS) is 25.2. The average Bonchev–Trinajstić information content (AvgIpc) is 3.55. The Morgan fingerprint density at radius 2 is 1.92 bits per heavy atom. The number of nitrogens with zero attached hydrogens (tertiary/aromatic N) is 4. The number of aliphatic hydroxyl groups excluding tert-OH is 1. The molecule has 0 amide bonds. The van der Waals surface area contributed by atoms with Crippen molar-refractivity contribution in [1.82, 2.24) is 19.4 Å². The summed E-state index contributed by atoms with van der Waals surface area (Å²) >= 11 is 0. The van der Waals surface area contributed by atoms with Crippen molar-refractivity contribution in [3.8, 4) is 16.9 Å². The standard InChI is InChI=1S/C31H35N5O2/c32-30-29-26(23-9-8-22-10-11-27(38-28(22)15-23)21-5-2-1-3-6-21)17-36(31(29)34-19-33-30)25-13-20(14-25)16-35-12-4-7-24(35)18-37/h1-3,5-6,8-9,15,17,19-20,24-25,27,37H,4,7,10-14,16,18H2,(H2,32,33,34)/t20-,24-,25+,27-/m0/s1. The number of rotatable bonds is 6. The third-order valence-electron chi connectivity index (χ3n) is 8.94. The first-order chi connectivity index (χ1) is 18.7. The molecule has 3 aliphatic rings. The molecule has 2 fully saturated rings. The number of hydrogen-bond acceptors (Lipinski definition) is 6. The van der Waals surface area contributed by atoms with Crippen molar-refractivity contribution in [2.24, 2.45) is 5.92 Å². The quantitative estimate of drug-likeness (QED) is 0.373. The molecular formula is C31H35N5O2. The van der Waals surface area contributed by atoms with Crippen LogP contribution in [0.1, 0.15) is 55.4 Å². The van der Waals surface area contributed by atoms with Gasteiger partial charge in [-0.15, -0.1) is 0 Å². The number of aliphatic hydroxyl groups is 1. The van der Waals surface area contributed by atoms with Crippen molar-refractivity contribution < 1.29 is 9.84 Å². The summed E-state index contributed by atoms with van der Waals surface area (Å²) in [4.78, 5) is 11.5. The van der Waals surface area contributed by atoms with Crippen LogP contribution in [0.15, 0.2) is 61.1 Å². The predicted molar refractivity (Wildman–Crippen MR) is 149 cm³/mol. The average molecular weight is 510 g/mol. The Kier molecular flexibility index (Phi) is 6.05. The van der Waals surface area contributed by atoms with Gasteiger partial charge in [0.15, 0.2) is 0 Å². The van der Waals surface area contributed by atoms with Crippen molar-refractivity contribution >= 4 is 16.9 Å². The summed E-state index contributed by atoms with van der Waals surface area (Å²) in [5.41, 5.74) is 12.0. The molecule has 0 radical (unpaired) electrons. The molecule has 7 rings (SSSR count).